The van der Waals surface area contributed by atoms with Gasteiger partial charge in [0.2, 0.25) is 0 Å². The van der Waals surface area contributed by atoms with Crippen molar-refractivity contribution in [1.82, 2.24) is 14.7 Å². The van der Waals surface area contributed by atoms with Gasteiger partial charge in [-0.2, -0.15) is 5.10 Å². The Kier molecular flexibility index (Phi) is 6.53. The van der Waals surface area contributed by atoms with Crippen molar-refractivity contribution in [1.29, 1.82) is 0 Å². The Balaban J connectivity index is 1.51. The number of carbonyl (C=O) groups excluding carboxylic acids is 2. The third kappa shape index (κ3) is 5.23. The molecule has 2 aliphatic rings. The van der Waals surface area contributed by atoms with Crippen molar-refractivity contribution in [2.24, 2.45) is 5.10 Å². The first-order valence-electron chi connectivity index (χ1n) is 10.5. The van der Waals surface area contributed by atoms with Crippen molar-refractivity contribution in [3.63, 3.8) is 0 Å². The van der Waals surface area contributed by atoms with Crippen LogP contribution >= 0.6 is 0 Å². The van der Waals surface area contributed by atoms with Gasteiger partial charge in [0.25, 0.3) is 0 Å². The first-order valence-corrected chi connectivity index (χ1v) is 10.5. The second-order valence-electron chi connectivity index (χ2n) is 8.93. The summed E-state index contributed by atoms with van der Waals surface area (Å²) in [5, 5.41) is 5.58. The number of carbonyl (C=O) groups is 2. The molecule has 0 aliphatic carbocycles. The van der Waals surface area contributed by atoms with Crippen molar-refractivity contribution in [3.05, 3.63) is 29.8 Å². The molecular formula is C22H33N5O3. The van der Waals surface area contributed by atoms with Crippen LogP contribution in [0.15, 0.2) is 29.4 Å². The summed E-state index contributed by atoms with van der Waals surface area (Å²) in [4.78, 5) is 30.8. The molecule has 0 saturated carbocycles. The number of amides is 3. The van der Waals surface area contributed by atoms with Crippen LogP contribution in [0.4, 0.5) is 15.3 Å². The van der Waals surface area contributed by atoms with E-state index in [1.807, 2.05) is 61.9 Å². The molecule has 3 amide bonds. The van der Waals surface area contributed by atoms with Gasteiger partial charge in [-0.25, -0.2) is 9.59 Å². The molecule has 0 aromatic heterocycles. The minimum atomic E-state index is -0.491. The normalized spacial score (nSPS) is 18.0. The van der Waals surface area contributed by atoms with E-state index in [-0.39, 0.29) is 18.2 Å². The van der Waals surface area contributed by atoms with E-state index in [4.69, 9.17) is 4.74 Å². The first kappa shape index (κ1) is 21.9. The summed E-state index contributed by atoms with van der Waals surface area (Å²) in [6.45, 7) is 12.4. The Bertz CT molecular complexity index is 766. The van der Waals surface area contributed by atoms with Gasteiger partial charge in [0, 0.05) is 52.5 Å². The van der Waals surface area contributed by atoms with Crippen LogP contribution < -0.4 is 5.01 Å². The maximum atomic E-state index is 12.9. The van der Waals surface area contributed by atoms with Gasteiger partial charge >= 0.3 is 12.1 Å². The molecule has 0 spiro atoms. The van der Waals surface area contributed by atoms with Crippen molar-refractivity contribution in [3.8, 4) is 0 Å². The van der Waals surface area contributed by atoms with Crippen LogP contribution in [0, 0.1) is 0 Å². The van der Waals surface area contributed by atoms with Crippen LogP contribution in [0.1, 0.15) is 39.2 Å². The molecule has 2 fully saturated rings. The van der Waals surface area contributed by atoms with Crippen molar-refractivity contribution in [2.75, 3.05) is 38.2 Å². The van der Waals surface area contributed by atoms with Gasteiger partial charge in [-0.05, 0) is 51.3 Å². The number of hydrazone groups is 1. The van der Waals surface area contributed by atoms with Gasteiger partial charge < -0.3 is 19.4 Å². The zero-order valence-corrected chi connectivity index (χ0v) is 18.5. The summed E-state index contributed by atoms with van der Waals surface area (Å²) in [7, 11) is 1.85. The number of ether oxygens (including phenoxy) is 1. The molecule has 30 heavy (non-hydrogen) atoms. The molecule has 1 aromatic carbocycles. The van der Waals surface area contributed by atoms with E-state index < -0.39 is 5.60 Å². The Morgan fingerprint density at radius 2 is 1.80 bits per heavy atom. The van der Waals surface area contributed by atoms with Crippen LogP contribution in [0.2, 0.25) is 0 Å². The van der Waals surface area contributed by atoms with E-state index in [9.17, 15) is 9.59 Å². The molecule has 164 valence electrons. The molecule has 1 aromatic rings. The number of benzene rings is 1. The highest BCUT2D eigenvalue weighted by Gasteiger charge is 2.36. The summed E-state index contributed by atoms with van der Waals surface area (Å²) in [6, 6.07) is 8.26. The van der Waals surface area contributed by atoms with E-state index >= 15 is 0 Å². The number of hydrogen-bond acceptors (Lipinski definition) is 5. The zero-order chi connectivity index (χ0) is 21.9. The molecule has 8 nitrogen and oxygen atoms in total. The monoisotopic (exact) mass is 415 g/mol. The Hall–Kier alpha value is -2.77. The van der Waals surface area contributed by atoms with Gasteiger partial charge in [-0.15, -0.1) is 0 Å². The quantitative estimate of drug-likeness (QED) is 0.546. The SMILES string of the molecule is C=NN(C)c1ccc(CN2CCN(C3CCN(C(=O)OC(C)(C)C)CC3)C2=O)cc1. The predicted molar refractivity (Wildman–Crippen MR) is 118 cm³/mol. The van der Waals surface area contributed by atoms with E-state index in [0.717, 1.165) is 37.2 Å². The van der Waals surface area contributed by atoms with E-state index in [1.54, 1.807) is 9.91 Å². The number of anilines is 1. The van der Waals surface area contributed by atoms with Crippen LogP contribution in [-0.2, 0) is 11.3 Å². The summed E-state index contributed by atoms with van der Waals surface area (Å²) >= 11 is 0. The van der Waals surface area contributed by atoms with Gasteiger partial charge in [0.15, 0.2) is 0 Å². The van der Waals surface area contributed by atoms with Crippen LogP contribution in [0.3, 0.4) is 0 Å². The van der Waals surface area contributed by atoms with Gasteiger partial charge in [0.05, 0.1) is 5.69 Å². The fourth-order valence-electron chi connectivity index (χ4n) is 3.89. The Labute approximate surface area is 179 Å². The van der Waals surface area contributed by atoms with Crippen molar-refractivity contribution in [2.45, 2.75) is 51.8 Å². The maximum Gasteiger partial charge on any atom is 0.410 e. The van der Waals surface area contributed by atoms with E-state index in [1.165, 1.54) is 0 Å². The minimum absolute atomic E-state index is 0.0830. The number of piperidine rings is 1. The molecule has 0 radical (unpaired) electrons. The number of hydrogen-bond donors (Lipinski definition) is 0. The lowest BCUT2D eigenvalue weighted by atomic mass is 10.0. The number of nitrogens with zero attached hydrogens (tertiary/aromatic N) is 5. The molecule has 2 aliphatic heterocycles. The van der Waals surface area contributed by atoms with E-state index in [2.05, 4.69) is 11.8 Å². The molecule has 0 bridgehead atoms. The van der Waals surface area contributed by atoms with Crippen LogP contribution in [-0.4, -0.2) is 78.4 Å². The number of urea groups is 1. The maximum absolute atomic E-state index is 12.9. The molecule has 0 atom stereocenters. The third-order valence-corrected chi connectivity index (χ3v) is 5.58. The Morgan fingerprint density at radius 1 is 1.17 bits per heavy atom. The van der Waals surface area contributed by atoms with Gasteiger partial charge in [-0.3, -0.25) is 5.01 Å². The third-order valence-electron chi connectivity index (χ3n) is 5.58. The molecule has 8 heteroatoms. The number of likely N-dealkylation sites (tertiary alicyclic amines) is 1. The smallest absolute Gasteiger partial charge is 0.410 e. The highest BCUT2D eigenvalue weighted by atomic mass is 16.6. The lowest BCUT2D eigenvalue weighted by molar-refractivity contribution is 0.0170. The van der Waals surface area contributed by atoms with E-state index in [0.29, 0.717) is 19.6 Å². The predicted octanol–water partition coefficient (Wildman–Crippen LogP) is 3.38. The summed E-state index contributed by atoms with van der Waals surface area (Å²) in [5.41, 5.74) is 1.56. The molecule has 3 rings (SSSR count). The summed E-state index contributed by atoms with van der Waals surface area (Å²) < 4.78 is 5.46. The summed E-state index contributed by atoms with van der Waals surface area (Å²) in [5.74, 6) is 0. The average molecular weight is 416 g/mol. The Morgan fingerprint density at radius 3 is 2.37 bits per heavy atom. The molecule has 0 unspecified atom stereocenters. The second-order valence-corrected chi connectivity index (χ2v) is 8.93. The first-order chi connectivity index (χ1) is 14.2. The lowest BCUT2D eigenvalue weighted by Gasteiger charge is -2.37. The molecular weight excluding hydrogens is 382 g/mol. The van der Waals surface area contributed by atoms with Crippen LogP contribution in [0.25, 0.3) is 0 Å². The minimum Gasteiger partial charge on any atom is -0.444 e. The average Bonchev–Trinajstić information content (AvgIpc) is 3.07. The molecule has 2 saturated heterocycles. The van der Waals surface area contributed by atoms with Gasteiger partial charge in [-0.1, -0.05) is 12.1 Å². The topological polar surface area (TPSA) is 68.7 Å². The van der Waals surface area contributed by atoms with Crippen molar-refractivity contribution < 1.29 is 14.3 Å². The largest absolute Gasteiger partial charge is 0.444 e. The second kappa shape index (κ2) is 8.93. The number of rotatable bonds is 5. The zero-order valence-electron chi connectivity index (χ0n) is 18.5. The lowest BCUT2D eigenvalue weighted by Crippen LogP contribution is -2.49. The highest BCUT2D eigenvalue weighted by molar-refractivity contribution is 5.77. The molecule has 2 heterocycles. The fraction of sp³-hybridized carbons (Fsp3) is 0.591. The fourth-order valence-corrected chi connectivity index (χ4v) is 3.89. The highest BCUT2D eigenvalue weighted by Crippen LogP contribution is 2.24. The summed E-state index contributed by atoms with van der Waals surface area (Å²) in [6.07, 6.45) is 1.30. The standard InChI is InChI=1S/C22H33N5O3/c1-22(2,3)30-21(29)25-12-10-19(11-13-25)27-15-14-26(20(27)28)16-17-6-8-18(9-7-17)24(5)23-4/h6-9,19H,4,10-16H2,1-3,5H3. The van der Waals surface area contributed by atoms with Crippen LogP contribution in [0.5, 0.6) is 0 Å². The van der Waals surface area contributed by atoms with Crippen molar-refractivity contribution >= 4 is 24.5 Å². The molecule has 0 N–H and O–H groups in total. The van der Waals surface area contributed by atoms with Gasteiger partial charge in [0.1, 0.15) is 5.60 Å².